The monoisotopic (exact) mass is 380 g/mol. The molecule has 6 nitrogen and oxygen atoms in total. The number of piperazine rings is 1. The number of rotatable bonds is 2. The Bertz CT molecular complexity index is 808. The number of fused-ring (bicyclic) bond motifs is 1. The second kappa shape index (κ2) is 6.97. The molecule has 0 unspecified atom stereocenters. The number of nitrogens with zero attached hydrogens (tertiary/aromatic N) is 3. The van der Waals surface area contributed by atoms with E-state index < -0.39 is 17.8 Å². The van der Waals surface area contributed by atoms with Gasteiger partial charge >= 0.3 is 6.18 Å². The molecule has 0 spiro atoms. The zero-order chi connectivity index (χ0) is 19.0. The standard InChI is InChI=1S/C18H19F3N4O2/c19-18(20,21)16-8-14(22-23-16)17(26)24-6-7-25-13(9-24)10-27-11-15(25)12-4-2-1-3-5-12/h1-5,8,13,15H,6-7,9-11H2,(H,22,23)/t13-,15-/m1/s1. The van der Waals surface area contributed by atoms with Crippen molar-refractivity contribution in [1.29, 1.82) is 0 Å². The van der Waals surface area contributed by atoms with Crippen LogP contribution in [0.4, 0.5) is 13.2 Å². The van der Waals surface area contributed by atoms with Crippen molar-refractivity contribution in [2.45, 2.75) is 18.3 Å². The van der Waals surface area contributed by atoms with E-state index in [-0.39, 0.29) is 17.8 Å². The average Bonchev–Trinajstić information content (AvgIpc) is 3.18. The Morgan fingerprint density at radius 1 is 1.19 bits per heavy atom. The molecule has 27 heavy (non-hydrogen) atoms. The zero-order valence-electron chi connectivity index (χ0n) is 14.4. The first-order valence-corrected chi connectivity index (χ1v) is 8.74. The number of morpholine rings is 1. The van der Waals surface area contributed by atoms with E-state index in [1.54, 1.807) is 4.90 Å². The van der Waals surface area contributed by atoms with Gasteiger partial charge in [0.15, 0.2) is 5.69 Å². The fourth-order valence-electron chi connectivity index (χ4n) is 3.73. The Morgan fingerprint density at radius 2 is 1.96 bits per heavy atom. The number of nitrogens with one attached hydrogen (secondary N) is 1. The third-order valence-corrected chi connectivity index (χ3v) is 5.09. The molecule has 2 aromatic rings. The summed E-state index contributed by atoms with van der Waals surface area (Å²) in [5.74, 6) is -0.497. The number of hydrogen-bond acceptors (Lipinski definition) is 4. The van der Waals surface area contributed by atoms with Crippen LogP contribution in [-0.4, -0.2) is 64.8 Å². The number of aromatic nitrogens is 2. The van der Waals surface area contributed by atoms with Gasteiger partial charge in [-0.3, -0.25) is 14.8 Å². The number of aromatic amines is 1. The van der Waals surface area contributed by atoms with E-state index in [1.165, 1.54) is 0 Å². The van der Waals surface area contributed by atoms with Crippen LogP contribution in [0.5, 0.6) is 0 Å². The van der Waals surface area contributed by atoms with Crippen molar-refractivity contribution in [1.82, 2.24) is 20.0 Å². The van der Waals surface area contributed by atoms with E-state index in [2.05, 4.69) is 22.1 Å². The molecule has 2 aliphatic heterocycles. The second-order valence-corrected chi connectivity index (χ2v) is 6.77. The summed E-state index contributed by atoms with van der Waals surface area (Å²) in [5.41, 5.74) is -0.0779. The third-order valence-electron chi connectivity index (χ3n) is 5.09. The van der Waals surface area contributed by atoms with Crippen molar-refractivity contribution < 1.29 is 22.7 Å². The number of benzene rings is 1. The fraction of sp³-hybridized carbons (Fsp3) is 0.444. The highest BCUT2D eigenvalue weighted by molar-refractivity contribution is 5.92. The van der Waals surface area contributed by atoms with Crippen LogP contribution < -0.4 is 0 Å². The molecule has 3 heterocycles. The minimum absolute atomic E-state index is 0.00249. The number of hydrogen-bond donors (Lipinski definition) is 1. The molecule has 2 aliphatic rings. The minimum atomic E-state index is -4.55. The van der Waals surface area contributed by atoms with Crippen molar-refractivity contribution in [3.05, 3.63) is 53.3 Å². The summed E-state index contributed by atoms with van der Waals surface area (Å²) < 4.78 is 43.9. The van der Waals surface area contributed by atoms with E-state index >= 15 is 0 Å². The molecular weight excluding hydrogens is 361 g/mol. The first-order chi connectivity index (χ1) is 12.9. The predicted octanol–water partition coefficient (Wildman–Crippen LogP) is 2.33. The van der Waals surface area contributed by atoms with Crippen molar-refractivity contribution in [3.63, 3.8) is 0 Å². The van der Waals surface area contributed by atoms with Gasteiger partial charge in [0.05, 0.1) is 25.3 Å². The smallest absolute Gasteiger partial charge is 0.378 e. The average molecular weight is 380 g/mol. The normalized spacial score (nSPS) is 23.9. The molecule has 1 aromatic heterocycles. The van der Waals surface area contributed by atoms with Crippen molar-refractivity contribution in [2.75, 3.05) is 32.8 Å². The van der Waals surface area contributed by atoms with Gasteiger partial charge in [0.25, 0.3) is 5.91 Å². The number of carbonyl (C=O) groups excluding carboxylic acids is 1. The molecule has 2 fully saturated rings. The molecule has 1 N–H and O–H groups in total. The van der Waals surface area contributed by atoms with Gasteiger partial charge in [-0.2, -0.15) is 18.3 Å². The van der Waals surface area contributed by atoms with E-state index in [0.717, 1.165) is 11.6 Å². The highest BCUT2D eigenvalue weighted by atomic mass is 19.4. The molecule has 2 atom stereocenters. The van der Waals surface area contributed by atoms with Crippen LogP contribution in [0.15, 0.2) is 36.4 Å². The number of ether oxygens (including phenoxy) is 1. The van der Waals surface area contributed by atoms with Crippen LogP contribution in [-0.2, 0) is 10.9 Å². The van der Waals surface area contributed by atoms with Crippen molar-refractivity contribution in [2.24, 2.45) is 0 Å². The summed E-state index contributed by atoms with van der Waals surface area (Å²) >= 11 is 0. The number of carbonyl (C=O) groups is 1. The fourth-order valence-corrected chi connectivity index (χ4v) is 3.73. The Labute approximate surface area is 153 Å². The lowest BCUT2D eigenvalue weighted by Crippen LogP contribution is -2.60. The van der Waals surface area contributed by atoms with Gasteiger partial charge < -0.3 is 9.64 Å². The molecule has 1 amide bonds. The van der Waals surface area contributed by atoms with E-state index in [4.69, 9.17) is 4.74 Å². The van der Waals surface area contributed by atoms with Crippen molar-refractivity contribution in [3.8, 4) is 0 Å². The molecule has 4 rings (SSSR count). The number of amides is 1. The molecule has 0 radical (unpaired) electrons. The molecule has 1 aromatic carbocycles. The van der Waals surface area contributed by atoms with Crippen LogP contribution in [0.2, 0.25) is 0 Å². The van der Waals surface area contributed by atoms with Crippen molar-refractivity contribution >= 4 is 5.91 Å². The molecule has 144 valence electrons. The Kier molecular flexibility index (Phi) is 4.65. The largest absolute Gasteiger partial charge is 0.432 e. The molecule has 9 heteroatoms. The van der Waals surface area contributed by atoms with Gasteiger partial charge in [-0.1, -0.05) is 30.3 Å². The first-order valence-electron chi connectivity index (χ1n) is 8.74. The summed E-state index contributed by atoms with van der Waals surface area (Å²) in [5, 5.41) is 5.44. The zero-order valence-corrected chi connectivity index (χ0v) is 14.4. The van der Waals surface area contributed by atoms with Gasteiger partial charge in [-0.15, -0.1) is 0 Å². The second-order valence-electron chi connectivity index (χ2n) is 6.77. The van der Waals surface area contributed by atoms with Crippen LogP contribution in [0, 0.1) is 0 Å². The lowest BCUT2D eigenvalue weighted by Gasteiger charge is -2.48. The molecule has 0 bridgehead atoms. The quantitative estimate of drug-likeness (QED) is 0.869. The van der Waals surface area contributed by atoms with Gasteiger partial charge in [-0.25, -0.2) is 0 Å². The Morgan fingerprint density at radius 3 is 2.67 bits per heavy atom. The summed E-state index contributed by atoms with van der Waals surface area (Å²) in [6.45, 7) is 2.55. The summed E-state index contributed by atoms with van der Waals surface area (Å²) in [7, 11) is 0. The predicted molar refractivity (Wildman–Crippen MR) is 90.0 cm³/mol. The Balaban J connectivity index is 1.47. The first kappa shape index (κ1) is 18.0. The number of H-pyrrole nitrogens is 1. The highest BCUT2D eigenvalue weighted by Gasteiger charge is 2.39. The third kappa shape index (κ3) is 3.57. The maximum Gasteiger partial charge on any atom is 0.432 e. The molecule has 0 saturated carbocycles. The van der Waals surface area contributed by atoms with Gasteiger partial charge in [0, 0.05) is 25.7 Å². The number of halogens is 3. The lowest BCUT2D eigenvalue weighted by atomic mass is 10.00. The van der Waals surface area contributed by atoms with Crippen LogP contribution in [0.3, 0.4) is 0 Å². The Hall–Kier alpha value is -2.39. The van der Waals surface area contributed by atoms with E-state index in [9.17, 15) is 18.0 Å². The lowest BCUT2D eigenvalue weighted by molar-refractivity contribution is -0.141. The summed E-state index contributed by atoms with van der Waals surface area (Å²) in [4.78, 5) is 16.4. The van der Waals surface area contributed by atoms with Crippen LogP contribution >= 0.6 is 0 Å². The molecular formula is C18H19F3N4O2. The topological polar surface area (TPSA) is 61.5 Å². The maximum atomic E-state index is 12.7. The summed E-state index contributed by atoms with van der Waals surface area (Å²) in [6.07, 6.45) is -4.55. The number of alkyl halides is 3. The SMILES string of the molecule is O=C(c1cc(C(F)(F)F)[nH]n1)N1CCN2[C@@H](COC[C@@H]2c2ccccc2)C1. The van der Waals surface area contributed by atoms with Gasteiger partial charge in [0.1, 0.15) is 5.69 Å². The minimum Gasteiger partial charge on any atom is -0.378 e. The molecule has 0 aliphatic carbocycles. The van der Waals surface area contributed by atoms with Gasteiger partial charge in [0.2, 0.25) is 0 Å². The maximum absolute atomic E-state index is 12.7. The van der Waals surface area contributed by atoms with Crippen LogP contribution in [0.1, 0.15) is 27.8 Å². The molecule has 2 saturated heterocycles. The van der Waals surface area contributed by atoms with E-state index in [0.29, 0.717) is 32.8 Å². The van der Waals surface area contributed by atoms with E-state index in [1.807, 2.05) is 23.3 Å². The highest BCUT2D eigenvalue weighted by Crippen LogP contribution is 2.31. The van der Waals surface area contributed by atoms with Crippen LogP contribution in [0.25, 0.3) is 0 Å². The summed E-state index contributed by atoms with van der Waals surface area (Å²) in [6, 6.07) is 10.9. The van der Waals surface area contributed by atoms with Gasteiger partial charge in [-0.05, 0) is 5.56 Å².